The van der Waals surface area contributed by atoms with Crippen molar-refractivity contribution in [3.8, 4) is 5.75 Å². The van der Waals surface area contributed by atoms with Crippen molar-refractivity contribution in [1.29, 1.82) is 0 Å². The van der Waals surface area contributed by atoms with Gasteiger partial charge in [-0.3, -0.25) is 9.69 Å². The van der Waals surface area contributed by atoms with Crippen molar-refractivity contribution >= 4 is 46.2 Å². The number of amides is 1. The third-order valence-electron chi connectivity index (χ3n) is 3.59. The Labute approximate surface area is 156 Å². The lowest BCUT2D eigenvalue weighted by atomic mass is 10.2. The van der Waals surface area contributed by atoms with Crippen molar-refractivity contribution in [2.45, 2.75) is 6.92 Å². The van der Waals surface area contributed by atoms with Crippen LogP contribution in [0.25, 0.3) is 6.08 Å². The molecule has 0 unspecified atom stereocenters. The Bertz CT molecular complexity index is 830. The van der Waals surface area contributed by atoms with Crippen LogP contribution in [0, 0.1) is 0 Å². The maximum Gasteiger partial charge on any atom is 0.283 e. The van der Waals surface area contributed by atoms with Crippen LogP contribution in [0.15, 0.2) is 59.2 Å². The van der Waals surface area contributed by atoms with Crippen molar-refractivity contribution in [3.63, 3.8) is 0 Å². The third kappa shape index (κ3) is 3.89. The van der Waals surface area contributed by atoms with Crippen LogP contribution in [0.3, 0.4) is 0 Å². The molecule has 0 N–H and O–H groups in total. The van der Waals surface area contributed by atoms with E-state index < -0.39 is 0 Å². The summed E-state index contributed by atoms with van der Waals surface area (Å²) >= 11 is 7.34. The van der Waals surface area contributed by atoms with Crippen molar-refractivity contribution < 1.29 is 9.53 Å². The van der Waals surface area contributed by atoms with Gasteiger partial charge in [0.1, 0.15) is 11.4 Å². The summed E-state index contributed by atoms with van der Waals surface area (Å²) < 4.78 is 5.45. The van der Waals surface area contributed by atoms with Gasteiger partial charge in [-0.25, -0.2) is 4.99 Å². The molecule has 0 aliphatic carbocycles. The van der Waals surface area contributed by atoms with Crippen molar-refractivity contribution in [2.75, 3.05) is 17.8 Å². The van der Waals surface area contributed by atoms with Crippen LogP contribution in [0.2, 0.25) is 5.02 Å². The molecule has 0 atom stereocenters. The highest BCUT2D eigenvalue weighted by Gasteiger charge is 2.31. The van der Waals surface area contributed by atoms with Crippen molar-refractivity contribution in [3.05, 3.63) is 64.8 Å². The SMILES string of the molecule is CCOc1ccc(N2C(=O)C(=Cc3ccc(Cl)cc3)N=C2SC)cc1. The minimum absolute atomic E-state index is 0.150. The molecule has 0 bridgehead atoms. The number of anilines is 1. The summed E-state index contributed by atoms with van der Waals surface area (Å²) in [4.78, 5) is 18.9. The average Bonchev–Trinajstić information content (AvgIpc) is 2.94. The van der Waals surface area contributed by atoms with Crippen molar-refractivity contribution in [2.24, 2.45) is 4.99 Å². The van der Waals surface area contributed by atoms with E-state index >= 15 is 0 Å². The summed E-state index contributed by atoms with van der Waals surface area (Å²) in [6, 6.07) is 14.7. The summed E-state index contributed by atoms with van der Waals surface area (Å²) in [6.45, 7) is 2.54. The maximum absolute atomic E-state index is 12.8. The van der Waals surface area contributed by atoms with E-state index in [1.807, 2.05) is 49.6 Å². The van der Waals surface area contributed by atoms with Crippen molar-refractivity contribution in [1.82, 2.24) is 0 Å². The molecule has 25 heavy (non-hydrogen) atoms. The second kappa shape index (κ2) is 7.76. The number of benzene rings is 2. The van der Waals surface area contributed by atoms with E-state index in [4.69, 9.17) is 16.3 Å². The fourth-order valence-corrected chi connectivity index (χ4v) is 3.12. The molecule has 0 fully saturated rings. The molecule has 0 aromatic heterocycles. The molecule has 1 heterocycles. The molecule has 1 aliphatic rings. The van der Waals surface area contributed by atoms with Gasteiger partial charge in [0, 0.05) is 5.02 Å². The van der Waals surface area contributed by atoms with Gasteiger partial charge in [0.05, 0.1) is 12.3 Å². The largest absolute Gasteiger partial charge is 0.494 e. The van der Waals surface area contributed by atoms with E-state index in [1.54, 1.807) is 23.1 Å². The lowest BCUT2D eigenvalue weighted by molar-refractivity contribution is -0.113. The Morgan fingerprint density at radius 2 is 1.84 bits per heavy atom. The molecule has 0 radical (unpaired) electrons. The van der Waals surface area contributed by atoms with Gasteiger partial charge in [-0.05, 0) is 61.2 Å². The van der Waals surface area contributed by atoms with Crippen LogP contribution >= 0.6 is 23.4 Å². The highest BCUT2D eigenvalue weighted by Crippen LogP contribution is 2.29. The van der Waals surface area contributed by atoms with E-state index in [9.17, 15) is 4.79 Å². The van der Waals surface area contributed by atoms with Gasteiger partial charge < -0.3 is 4.74 Å². The number of ether oxygens (including phenoxy) is 1. The van der Waals surface area contributed by atoms with E-state index in [0.29, 0.717) is 22.5 Å². The van der Waals surface area contributed by atoms with Gasteiger partial charge >= 0.3 is 0 Å². The summed E-state index contributed by atoms with van der Waals surface area (Å²) in [7, 11) is 0. The summed E-state index contributed by atoms with van der Waals surface area (Å²) in [6.07, 6.45) is 3.67. The van der Waals surface area contributed by atoms with Gasteiger partial charge in [-0.2, -0.15) is 0 Å². The number of carbonyl (C=O) groups excluding carboxylic acids is 1. The molecule has 2 aromatic carbocycles. The summed E-state index contributed by atoms with van der Waals surface area (Å²) in [5.74, 6) is 0.626. The van der Waals surface area contributed by atoms with Crippen LogP contribution in [0.4, 0.5) is 5.69 Å². The van der Waals surface area contributed by atoms with Gasteiger partial charge in [0.2, 0.25) is 0 Å². The molecule has 3 rings (SSSR count). The van der Waals surface area contributed by atoms with Crippen LogP contribution in [-0.4, -0.2) is 23.9 Å². The third-order valence-corrected chi connectivity index (χ3v) is 4.48. The molecule has 2 aromatic rings. The van der Waals surface area contributed by atoms with Crippen LogP contribution < -0.4 is 9.64 Å². The first-order valence-corrected chi connectivity index (χ1v) is 9.40. The normalized spacial score (nSPS) is 15.6. The number of hydrogen-bond acceptors (Lipinski definition) is 4. The fraction of sp³-hybridized carbons (Fsp3) is 0.158. The minimum atomic E-state index is -0.150. The minimum Gasteiger partial charge on any atom is -0.494 e. The average molecular weight is 373 g/mol. The zero-order valence-electron chi connectivity index (χ0n) is 13.9. The Kier molecular flexibility index (Phi) is 5.46. The standard InChI is InChI=1S/C19H17ClN2O2S/c1-3-24-16-10-8-15(9-11-16)22-18(23)17(21-19(22)25-2)12-13-4-6-14(20)7-5-13/h4-12H,3H2,1-2H3. The number of halogens is 1. The van der Waals surface area contributed by atoms with Crippen LogP contribution in [-0.2, 0) is 4.79 Å². The summed E-state index contributed by atoms with van der Waals surface area (Å²) in [5.41, 5.74) is 2.05. The number of nitrogens with zero attached hydrogens (tertiary/aromatic N) is 2. The maximum atomic E-state index is 12.8. The van der Waals surface area contributed by atoms with E-state index in [1.165, 1.54) is 11.8 Å². The number of aliphatic imine (C=N–C) groups is 1. The predicted octanol–water partition coefficient (Wildman–Crippen LogP) is 4.85. The Morgan fingerprint density at radius 3 is 2.44 bits per heavy atom. The molecular weight excluding hydrogens is 356 g/mol. The molecule has 0 saturated carbocycles. The summed E-state index contributed by atoms with van der Waals surface area (Å²) in [5, 5.41) is 1.30. The Hall–Kier alpha value is -2.24. The number of amidine groups is 1. The van der Waals surface area contributed by atoms with Gasteiger partial charge in [-0.1, -0.05) is 35.5 Å². The smallest absolute Gasteiger partial charge is 0.283 e. The zero-order valence-corrected chi connectivity index (χ0v) is 15.5. The number of thioether (sulfide) groups is 1. The first kappa shape index (κ1) is 17.6. The topological polar surface area (TPSA) is 41.9 Å². The molecule has 1 aliphatic heterocycles. The Morgan fingerprint density at radius 1 is 1.16 bits per heavy atom. The monoisotopic (exact) mass is 372 g/mol. The second-order valence-electron chi connectivity index (χ2n) is 5.25. The van der Waals surface area contributed by atoms with Gasteiger partial charge in [0.25, 0.3) is 5.91 Å². The quantitative estimate of drug-likeness (QED) is 0.721. The fourth-order valence-electron chi connectivity index (χ4n) is 2.44. The first-order chi connectivity index (χ1) is 12.1. The van der Waals surface area contributed by atoms with E-state index in [0.717, 1.165) is 17.0 Å². The lowest BCUT2D eigenvalue weighted by Gasteiger charge is -2.17. The van der Waals surface area contributed by atoms with Gasteiger partial charge in [0.15, 0.2) is 5.17 Å². The van der Waals surface area contributed by atoms with Gasteiger partial charge in [-0.15, -0.1) is 0 Å². The second-order valence-corrected chi connectivity index (χ2v) is 6.46. The predicted molar refractivity (Wildman–Crippen MR) is 105 cm³/mol. The number of carbonyl (C=O) groups is 1. The molecule has 4 nitrogen and oxygen atoms in total. The molecule has 128 valence electrons. The molecule has 1 amide bonds. The molecule has 6 heteroatoms. The number of hydrogen-bond donors (Lipinski definition) is 0. The number of rotatable bonds is 4. The molecule has 0 saturated heterocycles. The molecule has 0 spiro atoms. The van der Waals surface area contributed by atoms with E-state index in [2.05, 4.69) is 4.99 Å². The highest BCUT2D eigenvalue weighted by molar-refractivity contribution is 8.13. The Balaban J connectivity index is 1.90. The van der Waals surface area contributed by atoms with Crippen LogP contribution in [0.1, 0.15) is 12.5 Å². The highest BCUT2D eigenvalue weighted by atomic mass is 35.5. The first-order valence-electron chi connectivity index (χ1n) is 7.79. The molecular formula is C19H17ClN2O2S. The van der Waals surface area contributed by atoms with Crippen LogP contribution in [0.5, 0.6) is 5.75 Å². The lowest BCUT2D eigenvalue weighted by Crippen LogP contribution is -2.29. The van der Waals surface area contributed by atoms with E-state index in [-0.39, 0.29) is 5.91 Å². The zero-order chi connectivity index (χ0) is 17.8.